The van der Waals surface area contributed by atoms with Gasteiger partial charge in [0.2, 0.25) is 15.9 Å². The number of hydrogen-bond acceptors (Lipinski definition) is 3. The number of carbonyl (C=O) groups is 1. The lowest BCUT2D eigenvalue weighted by atomic mass is 9.92. The molecule has 0 aromatic heterocycles. The van der Waals surface area contributed by atoms with Crippen LogP contribution in [0.25, 0.3) is 0 Å². The molecule has 1 aliphatic rings. The summed E-state index contributed by atoms with van der Waals surface area (Å²) in [7, 11) is -3.61. The zero-order chi connectivity index (χ0) is 19.8. The van der Waals surface area contributed by atoms with E-state index in [1.165, 1.54) is 5.56 Å². The maximum absolute atomic E-state index is 12.5. The quantitative estimate of drug-likeness (QED) is 0.737. The number of carbonyl (C=O) groups excluding carboxylic acids is 1. The van der Waals surface area contributed by atoms with E-state index in [9.17, 15) is 13.2 Å². The van der Waals surface area contributed by atoms with E-state index in [1.807, 2.05) is 36.4 Å². The van der Waals surface area contributed by atoms with Crippen molar-refractivity contribution >= 4 is 15.9 Å². The van der Waals surface area contributed by atoms with Crippen LogP contribution < -0.4 is 10.0 Å². The molecule has 0 bridgehead atoms. The summed E-state index contributed by atoms with van der Waals surface area (Å²) < 4.78 is 27.4. The Morgan fingerprint density at radius 1 is 1.00 bits per heavy atom. The fourth-order valence-electron chi connectivity index (χ4n) is 3.16. The molecule has 0 unspecified atom stereocenters. The lowest BCUT2D eigenvalue weighted by Gasteiger charge is -2.16. The minimum absolute atomic E-state index is 0.0529. The van der Waals surface area contributed by atoms with Crippen molar-refractivity contribution < 1.29 is 13.2 Å². The molecular formula is C22H24N2O3S. The van der Waals surface area contributed by atoms with Gasteiger partial charge < -0.3 is 5.32 Å². The molecule has 6 heteroatoms. The zero-order valence-electron chi connectivity index (χ0n) is 15.7. The van der Waals surface area contributed by atoms with Gasteiger partial charge in [-0.15, -0.1) is 0 Å². The average molecular weight is 397 g/mol. The molecule has 0 fully saturated rings. The van der Waals surface area contributed by atoms with Gasteiger partial charge in [0.15, 0.2) is 0 Å². The Morgan fingerprint density at radius 2 is 1.75 bits per heavy atom. The molecule has 0 saturated carbocycles. The molecule has 28 heavy (non-hydrogen) atoms. The maximum Gasteiger partial charge on any atom is 0.240 e. The second-order valence-corrected chi connectivity index (χ2v) is 8.50. The molecule has 2 aromatic rings. The van der Waals surface area contributed by atoms with Crippen molar-refractivity contribution in [1.29, 1.82) is 0 Å². The molecule has 0 atom stereocenters. The third-order valence-corrected chi connectivity index (χ3v) is 6.11. The van der Waals surface area contributed by atoms with E-state index in [2.05, 4.69) is 21.9 Å². The fourth-order valence-corrected chi connectivity index (χ4v) is 4.24. The number of amides is 1. The Morgan fingerprint density at radius 3 is 2.54 bits per heavy atom. The molecule has 2 aromatic carbocycles. The standard InChI is InChI=1S/C22H24N2O3S/c25-22(23-15-6-9-18-7-2-1-3-8-18)14-16-24-28(26,27)21-13-12-19-10-4-5-11-20(19)17-21/h1-3,7-8,12-13,17,24H,4-5,10-11,14-16H2,(H,23,25). The molecule has 5 nitrogen and oxygen atoms in total. The fraction of sp³-hybridized carbons (Fsp3) is 0.318. The Bertz CT molecular complexity index is 989. The smallest absolute Gasteiger partial charge is 0.240 e. The van der Waals surface area contributed by atoms with Gasteiger partial charge in [-0.05, 0) is 61.1 Å². The Labute approximate surface area is 166 Å². The highest BCUT2D eigenvalue weighted by Crippen LogP contribution is 2.23. The first kappa shape index (κ1) is 20.1. The maximum atomic E-state index is 12.5. The van der Waals surface area contributed by atoms with Crippen LogP contribution in [0, 0.1) is 11.8 Å². The minimum atomic E-state index is -3.61. The van der Waals surface area contributed by atoms with Crippen molar-refractivity contribution in [2.75, 3.05) is 13.1 Å². The van der Waals surface area contributed by atoms with Gasteiger partial charge in [0.25, 0.3) is 0 Å². The van der Waals surface area contributed by atoms with Crippen LogP contribution in [0.5, 0.6) is 0 Å². The average Bonchev–Trinajstić information content (AvgIpc) is 2.71. The summed E-state index contributed by atoms with van der Waals surface area (Å²) in [6.07, 6.45) is 4.25. The summed E-state index contributed by atoms with van der Waals surface area (Å²) in [5, 5.41) is 2.67. The van der Waals surface area contributed by atoms with Gasteiger partial charge in [-0.1, -0.05) is 36.1 Å². The van der Waals surface area contributed by atoms with Crippen LogP contribution in [0.3, 0.4) is 0 Å². The summed E-state index contributed by atoms with van der Waals surface area (Å²) in [6, 6.07) is 14.8. The zero-order valence-corrected chi connectivity index (χ0v) is 16.5. The molecule has 0 radical (unpaired) electrons. The lowest BCUT2D eigenvalue weighted by molar-refractivity contribution is -0.120. The van der Waals surface area contributed by atoms with Crippen LogP contribution in [0.15, 0.2) is 53.4 Å². The van der Waals surface area contributed by atoms with Gasteiger partial charge in [-0.3, -0.25) is 4.79 Å². The molecule has 1 amide bonds. The lowest BCUT2D eigenvalue weighted by Crippen LogP contribution is -2.31. The molecule has 0 spiro atoms. The third kappa shape index (κ3) is 5.69. The first-order valence-electron chi connectivity index (χ1n) is 9.47. The number of fused-ring (bicyclic) bond motifs is 1. The van der Waals surface area contributed by atoms with Crippen LogP contribution in [0.2, 0.25) is 0 Å². The van der Waals surface area contributed by atoms with Gasteiger partial charge in [-0.2, -0.15) is 0 Å². The largest absolute Gasteiger partial charge is 0.345 e. The molecule has 0 saturated heterocycles. The van der Waals surface area contributed by atoms with Gasteiger partial charge >= 0.3 is 0 Å². The number of benzene rings is 2. The molecule has 1 aliphatic carbocycles. The molecule has 3 rings (SSSR count). The second kappa shape index (κ2) is 9.54. The van der Waals surface area contributed by atoms with Crippen molar-refractivity contribution in [1.82, 2.24) is 10.0 Å². The number of rotatable bonds is 6. The van der Waals surface area contributed by atoms with Gasteiger partial charge in [0.1, 0.15) is 0 Å². The van der Waals surface area contributed by atoms with Gasteiger partial charge in [0, 0.05) is 18.5 Å². The van der Waals surface area contributed by atoms with E-state index in [0.717, 1.165) is 36.8 Å². The predicted octanol–water partition coefficient (Wildman–Crippen LogP) is 2.40. The van der Waals surface area contributed by atoms with Crippen molar-refractivity contribution in [3.63, 3.8) is 0 Å². The number of nitrogens with one attached hydrogen (secondary N) is 2. The van der Waals surface area contributed by atoms with E-state index in [4.69, 9.17) is 0 Å². The van der Waals surface area contributed by atoms with Crippen LogP contribution in [0.4, 0.5) is 0 Å². The van der Waals surface area contributed by atoms with Crippen LogP contribution in [-0.2, 0) is 27.7 Å². The Balaban J connectivity index is 1.45. The molecule has 0 aliphatic heterocycles. The molecular weight excluding hydrogens is 372 g/mol. The van der Waals surface area contributed by atoms with E-state index < -0.39 is 10.0 Å². The monoisotopic (exact) mass is 396 g/mol. The minimum Gasteiger partial charge on any atom is -0.345 e. The van der Waals surface area contributed by atoms with Crippen molar-refractivity contribution in [2.45, 2.75) is 37.0 Å². The van der Waals surface area contributed by atoms with E-state index >= 15 is 0 Å². The van der Waals surface area contributed by atoms with Crippen LogP contribution in [0.1, 0.15) is 36.0 Å². The van der Waals surface area contributed by atoms with Gasteiger partial charge in [-0.25, -0.2) is 13.1 Å². The van der Waals surface area contributed by atoms with Crippen molar-refractivity contribution in [3.05, 3.63) is 65.2 Å². The second-order valence-electron chi connectivity index (χ2n) is 6.73. The molecule has 0 heterocycles. The highest BCUT2D eigenvalue weighted by atomic mass is 32.2. The summed E-state index contributed by atoms with van der Waals surface area (Å²) in [5.41, 5.74) is 3.24. The van der Waals surface area contributed by atoms with Gasteiger partial charge in [0.05, 0.1) is 11.4 Å². The third-order valence-electron chi connectivity index (χ3n) is 4.65. The summed E-state index contributed by atoms with van der Waals surface area (Å²) in [6.45, 7) is 0.280. The van der Waals surface area contributed by atoms with Crippen molar-refractivity contribution in [3.8, 4) is 11.8 Å². The van der Waals surface area contributed by atoms with Crippen molar-refractivity contribution in [2.24, 2.45) is 0 Å². The highest BCUT2D eigenvalue weighted by molar-refractivity contribution is 7.89. The summed E-state index contributed by atoms with van der Waals surface area (Å²) in [4.78, 5) is 12.1. The Kier molecular flexibility index (Phi) is 6.85. The summed E-state index contributed by atoms with van der Waals surface area (Å²) in [5.74, 6) is 5.58. The Hall–Kier alpha value is -2.62. The van der Waals surface area contributed by atoms with Crippen LogP contribution >= 0.6 is 0 Å². The van der Waals surface area contributed by atoms with Crippen LogP contribution in [-0.4, -0.2) is 27.4 Å². The highest BCUT2D eigenvalue weighted by Gasteiger charge is 2.17. The number of sulfonamides is 1. The van der Waals surface area contributed by atoms with E-state index in [-0.39, 0.29) is 30.3 Å². The van der Waals surface area contributed by atoms with E-state index in [1.54, 1.807) is 12.1 Å². The molecule has 2 N–H and O–H groups in total. The predicted molar refractivity (Wildman–Crippen MR) is 109 cm³/mol. The summed E-state index contributed by atoms with van der Waals surface area (Å²) >= 11 is 0. The molecule has 146 valence electrons. The first-order valence-corrected chi connectivity index (χ1v) is 10.9. The first-order chi connectivity index (χ1) is 13.5. The van der Waals surface area contributed by atoms with E-state index in [0.29, 0.717) is 0 Å². The SMILES string of the molecule is O=C(CCNS(=O)(=O)c1ccc2c(c1)CCCC2)NCC#Cc1ccccc1. The topological polar surface area (TPSA) is 75.3 Å². The normalized spacial score (nSPS) is 13.1. The number of hydrogen-bond donors (Lipinski definition) is 2. The number of aryl methyl sites for hydroxylation is 2.